The van der Waals surface area contributed by atoms with Gasteiger partial charge >= 0.3 is 6.85 Å². The van der Waals surface area contributed by atoms with Gasteiger partial charge in [0.25, 0.3) is 0 Å². The number of hydrogen-bond acceptors (Lipinski definition) is 3. The summed E-state index contributed by atoms with van der Waals surface area (Å²) in [6.07, 6.45) is 0. The average molecular weight is 913 g/mol. The maximum atomic E-state index is 12.9. The van der Waals surface area contributed by atoms with Gasteiger partial charge in [-0.2, -0.15) is 0 Å². The molecule has 0 saturated heterocycles. The van der Waals surface area contributed by atoms with Gasteiger partial charge in [-0.3, -0.25) is 4.57 Å². The first-order valence-electron chi connectivity index (χ1n) is 25.0. The van der Waals surface area contributed by atoms with Crippen LogP contribution in [0.2, 0.25) is 0 Å². The number of imidazole rings is 1. The second-order valence-electron chi connectivity index (χ2n) is 24.1. The van der Waals surface area contributed by atoms with Crippen LogP contribution in [0, 0.1) is 0 Å². The zero-order chi connectivity index (χ0) is 49.0. The van der Waals surface area contributed by atoms with Gasteiger partial charge in [-0.25, -0.2) is 9.97 Å². The van der Waals surface area contributed by atoms with E-state index in [0.717, 1.165) is 67.3 Å². The summed E-state index contributed by atoms with van der Waals surface area (Å²) in [7, 11) is 0. The molecule has 0 saturated carbocycles. The van der Waals surface area contributed by atoms with E-state index in [2.05, 4.69) is 238 Å². The highest BCUT2D eigenvalue weighted by Gasteiger charge is 2.44. The number of pyridine rings is 1. The van der Waals surface area contributed by atoms with Crippen molar-refractivity contribution in [3.8, 4) is 67.6 Å². The largest absolute Gasteiger partial charge is 0.507 e. The number of phenols is 1. The average Bonchev–Trinajstić information content (AvgIpc) is 3.95. The Hall–Kier alpha value is -7.18. The van der Waals surface area contributed by atoms with E-state index in [1.807, 2.05) is 0 Å². The lowest BCUT2D eigenvalue weighted by Gasteiger charge is -2.27. The summed E-state index contributed by atoms with van der Waals surface area (Å²) >= 11 is 0. The predicted molar refractivity (Wildman–Crippen MR) is 296 cm³/mol. The Labute approximate surface area is 413 Å². The molecule has 0 fully saturated rings. The van der Waals surface area contributed by atoms with Gasteiger partial charge in [0, 0.05) is 33.0 Å². The van der Waals surface area contributed by atoms with Crippen LogP contribution in [-0.4, -0.2) is 31.0 Å². The lowest BCUT2D eigenvalue weighted by molar-refractivity contribution is 0.446. The van der Waals surface area contributed by atoms with Crippen LogP contribution in [0.15, 0.2) is 146 Å². The van der Waals surface area contributed by atoms with Gasteiger partial charge in [-0.1, -0.05) is 186 Å². The fourth-order valence-corrected chi connectivity index (χ4v) is 11.5. The molecule has 2 aliphatic heterocycles. The molecule has 1 N–H and O–H groups in total. The van der Waals surface area contributed by atoms with E-state index >= 15 is 0 Å². The number of aromatic nitrogens is 4. The van der Waals surface area contributed by atoms with Crippen molar-refractivity contribution in [3.63, 3.8) is 0 Å². The summed E-state index contributed by atoms with van der Waals surface area (Å²) in [4.78, 5) is 11.6. The van der Waals surface area contributed by atoms with Crippen LogP contribution in [0.25, 0.3) is 94.7 Å². The molecule has 346 valence electrons. The molecule has 6 heteroatoms. The molecule has 12 rings (SSSR count). The second kappa shape index (κ2) is 14.9. The van der Waals surface area contributed by atoms with Crippen molar-refractivity contribution in [2.45, 2.75) is 105 Å². The minimum atomic E-state index is -0.344. The zero-order valence-electron chi connectivity index (χ0n) is 42.7. The summed E-state index contributed by atoms with van der Waals surface area (Å²) in [5.41, 5.74) is 20.8. The van der Waals surface area contributed by atoms with Gasteiger partial charge in [0.15, 0.2) is 0 Å². The van der Waals surface area contributed by atoms with Gasteiger partial charge in [0.1, 0.15) is 11.6 Å². The summed E-state index contributed by atoms with van der Waals surface area (Å²) in [5.74, 6) is 0.991. The third kappa shape index (κ3) is 6.58. The molecule has 5 heterocycles. The van der Waals surface area contributed by atoms with E-state index in [-0.39, 0.29) is 34.3 Å². The van der Waals surface area contributed by atoms with E-state index < -0.39 is 0 Å². The Morgan fingerprint density at radius 1 is 0.471 bits per heavy atom. The van der Waals surface area contributed by atoms with Gasteiger partial charge in [0.05, 0.1) is 39.2 Å². The summed E-state index contributed by atoms with van der Waals surface area (Å²) in [6.45, 7) is 27.0. The number of benzene rings is 7. The topological polar surface area (TPSA) is 55.9 Å². The maximum Gasteiger partial charge on any atom is 0.331 e. The van der Waals surface area contributed by atoms with Crippen molar-refractivity contribution >= 4 is 50.6 Å². The van der Waals surface area contributed by atoms with Crippen molar-refractivity contribution in [3.05, 3.63) is 168 Å². The Morgan fingerprint density at radius 2 is 1.11 bits per heavy atom. The standard InChI is InChI=1S/C64H61BN4O/c1-61(2,3)40-32-46(59(70)48(33-40)64(10,11)12)60-67-56-45(51-35-41(62(4,5)6)34-50(66-51)39-24-20-23-38(31-39)37-21-14-13-15-22-37)36-44-42-25-16-18-27-49(42)65-55(44)58(56)68(60)53-30-29-47(63(7,8)9)54-43-26-17-19-28-52(43)69(65)57(53)54/h13-36,70H,1-12H3. The molecule has 10 aromatic rings. The molecule has 5 nitrogen and oxygen atoms in total. The highest BCUT2D eigenvalue weighted by Crippen LogP contribution is 2.50. The monoisotopic (exact) mass is 912 g/mol. The van der Waals surface area contributed by atoms with Crippen molar-refractivity contribution in [1.29, 1.82) is 0 Å². The zero-order valence-corrected chi connectivity index (χ0v) is 42.7. The fraction of sp³-hybridized carbons (Fsp3) is 0.250. The van der Waals surface area contributed by atoms with Crippen LogP contribution in [0.5, 0.6) is 5.75 Å². The van der Waals surface area contributed by atoms with Gasteiger partial charge < -0.3 is 9.58 Å². The smallest absolute Gasteiger partial charge is 0.331 e. The lowest BCUT2D eigenvalue weighted by atomic mass is 9.53. The lowest BCUT2D eigenvalue weighted by Crippen LogP contribution is -2.45. The van der Waals surface area contributed by atoms with Crippen LogP contribution >= 0.6 is 0 Å². The summed E-state index contributed by atoms with van der Waals surface area (Å²) in [5, 5.41) is 15.4. The van der Waals surface area contributed by atoms with Crippen LogP contribution < -0.4 is 10.9 Å². The van der Waals surface area contributed by atoms with E-state index in [9.17, 15) is 5.11 Å². The molecule has 0 amide bonds. The molecular weight excluding hydrogens is 852 g/mol. The Kier molecular flexibility index (Phi) is 9.39. The third-order valence-corrected chi connectivity index (χ3v) is 15.2. The molecule has 2 aliphatic rings. The quantitative estimate of drug-likeness (QED) is 0.179. The van der Waals surface area contributed by atoms with E-state index in [1.54, 1.807) is 0 Å². The van der Waals surface area contributed by atoms with Gasteiger partial charge in [-0.05, 0) is 114 Å². The highest BCUT2D eigenvalue weighted by molar-refractivity contribution is 6.91. The van der Waals surface area contributed by atoms with Gasteiger partial charge in [-0.15, -0.1) is 0 Å². The van der Waals surface area contributed by atoms with Crippen molar-refractivity contribution in [2.75, 3.05) is 0 Å². The number of para-hydroxylation sites is 1. The Balaban J connectivity index is 1.27. The first kappa shape index (κ1) is 44.1. The fourth-order valence-electron chi connectivity index (χ4n) is 11.5. The summed E-state index contributed by atoms with van der Waals surface area (Å²) < 4.78 is 5.07. The third-order valence-electron chi connectivity index (χ3n) is 15.2. The molecular formula is C64H61BN4O. The molecule has 0 bridgehead atoms. The number of nitrogens with zero attached hydrogens (tertiary/aromatic N) is 4. The normalized spacial score (nSPS) is 13.5. The maximum absolute atomic E-state index is 12.9. The SMILES string of the molecule is CC(C)(C)c1cc(-c2cccc(-c3ccccc3)c2)nc(-c2cc3c4c5c2nc(-c2cc(C(C)(C)C)cc(C(C)(C)C)c2O)n5-c2ccc(C(C)(C)C)c5c6ccccc6n(c25)B4c2ccccc2-3)c1. The van der Waals surface area contributed by atoms with E-state index in [0.29, 0.717) is 0 Å². The molecule has 0 spiro atoms. The number of rotatable bonds is 4. The van der Waals surface area contributed by atoms with Crippen LogP contribution in [0.4, 0.5) is 0 Å². The number of hydrogen-bond donors (Lipinski definition) is 1. The predicted octanol–water partition coefficient (Wildman–Crippen LogP) is 15.0. The molecule has 7 aromatic carbocycles. The molecule has 0 unspecified atom stereocenters. The molecule has 0 atom stereocenters. The Morgan fingerprint density at radius 3 is 1.84 bits per heavy atom. The molecule has 3 aromatic heterocycles. The number of aromatic hydroxyl groups is 1. The van der Waals surface area contributed by atoms with Crippen molar-refractivity contribution in [1.82, 2.24) is 19.0 Å². The van der Waals surface area contributed by atoms with Gasteiger partial charge in [0.2, 0.25) is 0 Å². The molecule has 70 heavy (non-hydrogen) atoms. The minimum absolute atomic E-state index is 0.144. The molecule has 0 radical (unpaired) electrons. The van der Waals surface area contributed by atoms with E-state index in [4.69, 9.17) is 9.97 Å². The van der Waals surface area contributed by atoms with Crippen LogP contribution in [0.3, 0.4) is 0 Å². The number of fused-ring (bicyclic) bond motifs is 8. The first-order valence-corrected chi connectivity index (χ1v) is 25.0. The number of phenolic OH excluding ortho intramolecular Hbond substituents is 1. The molecule has 0 aliphatic carbocycles. The second-order valence-corrected chi connectivity index (χ2v) is 24.1. The van der Waals surface area contributed by atoms with Crippen LogP contribution in [-0.2, 0) is 21.7 Å². The minimum Gasteiger partial charge on any atom is -0.507 e. The summed E-state index contributed by atoms with van der Waals surface area (Å²) in [6, 6.07) is 53.4. The van der Waals surface area contributed by atoms with Crippen molar-refractivity contribution in [2.24, 2.45) is 0 Å². The van der Waals surface area contributed by atoms with E-state index in [1.165, 1.54) is 60.5 Å². The van der Waals surface area contributed by atoms with Crippen molar-refractivity contribution < 1.29 is 5.11 Å². The Bertz CT molecular complexity index is 3820. The first-order chi connectivity index (χ1) is 33.2. The highest BCUT2D eigenvalue weighted by atomic mass is 16.3. The van der Waals surface area contributed by atoms with Crippen LogP contribution in [0.1, 0.15) is 105 Å².